The molecule has 0 unspecified atom stereocenters. The van der Waals surface area contributed by atoms with Crippen molar-refractivity contribution >= 4 is 11.9 Å². The minimum Gasteiger partial charge on any atom is -0.477 e. The number of carboxylic acid groups (broad SMARTS) is 2. The number of benzene rings is 1. The third-order valence-corrected chi connectivity index (χ3v) is 6.52. The van der Waals surface area contributed by atoms with Crippen molar-refractivity contribution in [1.29, 1.82) is 0 Å². The first-order chi connectivity index (χ1) is 15.8. The number of aromatic amines is 2. The van der Waals surface area contributed by atoms with Crippen molar-refractivity contribution in [3.05, 3.63) is 80.9 Å². The van der Waals surface area contributed by atoms with Gasteiger partial charge in [0.1, 0.15) is 11.4 Å². The maximum atomic E-state index is 12.0. The lowest BCUT2D eigenvalue weighted by Crippen LogP contribution is -2.10. The van der Waals surface area contributed by atoms with Crippen LogP contribution in [0.1, 0.15) is 106 Å². The summed E-state index contributed by atoms with van der Waals surface area (Å²) in [4.78, 5) is 30.5. The average molecular weight is 451 g/mol. The van der Waals surface area contributed by atoms with Gasteiger partial charge in [-0.25, -0.2) is 9.59 Å². The molecule has 0 aliphatic carbocycles. The number of rotatable bonds is 11. The summed E-state index contributed by atoms with van der Waals surface area (Å²) in [6.07, 6.45) is 5.41. The van der Waals surface area contributed by atoms with Crippen LogP contribution in [0.3, 0.4) is 0 Å². The van der Waals surface area contributed by atoms with Crippen LogP contribution >= 0.6 is 0 Å². The van der Waals surface area contributed by atoms with Gasteiger partial charge in [-0.15, -0.1) is 0 Å². The smallest absolute Gasteiger partial charge is 0.352 e. The monoisotopic (exact) mass is 450 g/mol. The molecule has 2 heterocycles. The second-order valence-electron chi connectivity index (χ2n) is 8.70. The highest BCUT2D eigenvalue weighted by Crippen LogP contribution is 2.39. The Morgan fingerprint density at radius 3 is 1.58 bits per heavy atom. The van der Waals surface area contributed by atoms with Crippen molar-refractivity contribution in [2.24, 2.45) is 0 Å². The maximum absolute atomic E-state index is 12.0. The molecule has 33 heavy (non-hydrogen) atoms. The zero-order valence-electron chi connectivity index (χ0n) is 19.9. The largest absolute Gasteiger partial charge is 0.477 e. The quantitative estimate of drug-likeness (QED) is 0.278. The second kappa shape index (κ2) is 10.6. The highest BCUT2D eigenvalue weighted by atomic mass is 16.4. The van der Waals surface area contributed by atoms with Crippen LogP contribution in [0, 0.1) is 13.8 Å². The fourth-order valence-electron chi connectivity index (χ4n) is 4.71. The van der Waals surface area contributed by atoms with E-state index in [0.29, 0.717) is 0 Å². The molecule has 0 aliphatic rings. The van der Waals surface area contributed by atoms with E-state index in [4.69, 9.17) is 0 Å². The highest BCUT2D eigenvalue weighted by molar-refractivity contribution is 5.89. The molecule has 0 aliphatic heterocycles. The van der Waals surface area contributed by atoms with Crippen LogP contribution in [0.5, 0.6) is 0 Å². The summed E-state index contributed by atoms with van der Waals surface area (Å²) in [5.74, 6) is -2.28. The van der Waals surface area contributed by atoms with Crippen LogP contribution in [0.25, 0.3) is 0 Å². The molecule has 0 saturated heterocycles. The van der Waals surface area contributed by atoms with E-state index in [1.807, 2.05) is 44.2 Å². The zero-order valence-corrected chi connectivity index (χ0v) is 19.9. The first-order valence-electron chi connectivity index (χ1n) is 11.8. The van der Waals surface area contributed by atoms with Gasteiger partial charge in [-0.2, -0.15) is 0 Å². The molecule has 0 spiro atoms. The Bertz CT molecular complexity index is 1050. The summed E-state index contributed by atoms with van der Waals surface area (Å²) in [7, 11) is 0. The molecule has 0 amide bonds. The van der Waals surface area contributed by atoms with Crippen LogP contribution in [0.15, 0.2) is 30.3 Å². The molecule has 176 valence electrons. The molecule has 3 rings (SSSR count). The summed E-state index contributed by atoms with van der Waals surface area (Å²) in [5.41, 5.74) is 6.59. The molecule has 6 heteroatoms. The number of H-pyrrole nitrogens is 2. The number of carboxylic acids is 2. The number of unbranched alkanes of at least 4 members (excludes halogenated alkanes) is 2. The van der Waals surface area contributed by atoms with E-state index in [1.165, 1.54) is 0 Å². The Hall–Kier alpha value is -3.28. The van der Waals surface area contributed by atoms with E-state index >= 15 is 0 Å². The predicted octanol–water partition coefficient (Wildman–Crippen LogP) is 6.22. The summed E-state index contributed by atoms with van der Waals surface area (Å²) in [5, 5.41) is 19.7. The lowest BCUT2D eigenvalue weighted by atomic mass is 9.85. The van der Waals surface area contributed by atoms with E-state index in [0.717, 1.165) is 77.7 Å². The Morgan fingerprint density at radius 1 is 0.788 bits per heavy atom. The van der Waals surface area contributed by atoms with Crippen LogP contribution in [0.2, 0.25) is 0 Å². The summed E-state index contributed by atoms with van der Waals surface area (Å²) < 4.78 is 0. The Morgan fingerprint density at radius 2 is 1.21 bits per heavy atom. The standard InChI is InChI=1S/C27H34N2O4/c1-5-7-14-19-16(3)22(26(30)31)28-24(19)21(18-12-10-9-11-13-18)25-20(15-8-6-2)17(4)23(29-25)27(32)33/h9-13,21,28-29H,5-8,14-15H2,1-4H3,(H,30,31)(H,32,33). The molecule has 0 bridgehead atoms. The Kier molecular flexibility index (Phi) is 7.79. The van der Waals surface area contributed by atoms with E-state index < -0.39 is 11.9 Å². The SMILES string of the molecule is CCCCc1c(C(c2ccccc2)c2[nH]c(C(=O)O)c(C)c2CCCC)[nH]c(C(=O)O)c1C. The highest BCUT2D eigenvalue weighted by Gasteiger charge is 2.31. The van der Waals surface area contributed by atoms with Gasteiger partial charge in [-0.05, 0) is 67.3 Å². The van der Waals surface area contributed by atoms with Crippen molar-refractivity contribution < 1.29 is 19.8 Å². The van der Waals surface area contributed by atoms with Gasteiger partial charge < -0.3 is 20.2 Å². The lowest BCUT2D eigenvalue weighted by molar-refractivity contribution is 0.0679. The topological polar surface area (TPSA) is 106 Å². The van der Waals surface area contributed by atoms with Gasteiger partial charge in [0, 0.05) is 11.4 Å². The molecule has 3 aromatic rings. The molecule has 0 atom stereocenters. The second-order valence-corrected chi connectivity index (χ2v) is 8.70. The normalized spacial score (nSPS) is 11.3. The number of aromatic nitrogens is 2. The van der Waals surface area contributed by atoms with Gasteiger partial charge in [0.15, 0.2) is 0 Å². The average Bonchev–Trinajstić information content (AvgIpc) is 3.29. The van der Waals surface area contributed by atoms with Crippen molar-refractivity contribution in [1.82, 2.24) is 9.97 Å². The zero-order chi connectivity index (χ0) is 24.1. The number of aromatic carboxylic acids is 2. The number of carbonyl (C=O) groups is 2. The summed E-state index contributed by atoms with van der Waals surface area (Å²) >= 11 is 0. The van der Waals surface area contributed by atoms with Crippen molar-refractivity contribution in [2.45, 2.75) is 72.1 Å². The number of hydrogen-bond acceptors (Lipinski definition) is 2. The molecule has 2 aromatic heterocycles. The molecule has 4 N–H and O–H groups in total. The predicted molar refractivity (Wildman–Crippen MR) is 130 cm³/mol. The Labute approximate surface area is 195 Å². The van der Waals surface area contributed by atoms with Gasteiger partial charge in [0.25, 0.3) is 0 Å². The van der Waals surface area contributed by atoms with Gasteiger partial charge >= 0.3 is 11.9 Å². The Balaban J connectivity index is 2.33. The molecule has 6 nitrogen and oxygen atoms in total. The fourth-order valence-corrected chi connectivity index (χ4v) is 4.71. The van der Waals surface area contributed by atoms with E-state index in [2.05, 4.69) is 23.8 Å². The van der Waals surface area contributed by atoms with E-state index in [1.54, 1.807) is 0 Å². The van der Waals surface area contributed by atoms with Crippen molar-refractivity contribution in [3.63, 3.8) is 0 Å². The first kappa shape index (κ1) is 24.4. The van der Waals surface area contributed by atoms with Crippen LogP contribution in [0.4, 0.5) is 0 Å². The minimum atomic E-state index is -0.983. The molecular formula is C27H34N2O4. The lowest BCUT2D eigenvalue weighted by Gasteiger charge is -2.20. The third-order valence-electron chi connectivity index (χ3n) is 6.52. The van der Waals surface area contributed by atoms with Gasteiger partial charge in [-0.3, -0.25) is 0 Å². The number of hydrogen-bond donors (Lipinski definition) is 4. The summed E-state index contributed by atoms with van der Waals surface area (Å²) in [6, 6.07) is 9.90. The minimum absolute atomic E-state index is 0.203. The molecule has 1 aromatic carbocycles. The van der Waals surface area contributed by atoms with Crippen LogP contribution in [-0.2, 0) is 12.8 Å². The third kappa shape index (κ3) is 4.90. The van der Waals surface area contributed by atoms with Gasteiger partial charge in [0.2, 0.25) is 0 Å². The van der Waals surface area contributed by atoms with Crippen molar-refractivity contribution in [2.75, 3.05) is 0 Å². The maximum Gasteiger partial charge on any atom is 0.352 e. The van der Waals surface area contributed by atoms with Crippen molar-refractivity contribution in [3.8, 4) is 0 Å². The molecule has 0 saturated carbocycles. The van der Waals surface area contributed by atoms with E-state index in [9.17, 15) is 19.8 Å². The molecule has 0 fully saturated rings. The van der Waals surface area contributed by atoms with Gasteiger partial charge in [0.05, 0.1) is 5.92 Å². The van der Waals surface area contributed by atoms with Gasteiger partial charge in [-0.1, -0.05) is 57.0 Å². The fraction of sp³-hybridized carbons (Fsp3) is 0.407. The molecule has 0 radical (unpaired) electrons. The van der Waals surface area contributed by atoms with E-state index in [-0.39, 0.29) is 17.3 Å². The van der Waals surface area contributed by atoms with Crippen LogP contribution in [-0.4, -0.2) is 32.1 Å². The number of nitrogens with one attached hydrogen (secondary N) is 2. The summed E-state index contributed by atoms with van der Waals surface area (Å²) in [6.45, 7) is 7.95. The van der Waals surface area contributed by atoms with Crippen LogP contribution < -0.4 is 0 Å². The first-order valence-corrected chi connectivity index (χ1v) is 11.8. The molecular weight excluding hydrogens is 416 g/mol.